The van der Waals surface area contributed by atoms with Crippen molar-refractivity contribution in [3.05, 3.63) is 65.2 Å². The van der Waals surface area contributed by atoms with Gasteiger partial charge in [-0.2, -0.15) is 5.26 Å². The summed E-state index contributed by atoms with van der Waals surface area (Å²) in [5.41, 5.74) is 1.98. The van der Waals surface area contributed by atoms with Crippen LogP contribution in [0.15, 0.2) is 48.5 Å². The van der Waals surface area contributed by atoms with E-state index in [4.69, 9.17) is 10.00 Å². The summed E-state index contributed by atoms with van der Waals surface area (Å²) in [6.45, 7) is 0.202. The molecule has 0 spiro atoms. The zero-order chi connectivity index (χ0) is 18.4. The molecule has 26 heavy (non-hydrogen) atoms. The molecule has 0 unspecified atom stereocenters. The molecule has 0 heterocycles. The molecular weight excluding hydrogens is 330 g/mol. The van der Waals surface area contributed by atoms with E-state index in [0.717, 1.165) is 18.4 Å². The fourth-order valence-corrected chi connectivity index (χ4v) is 2.35. The highest BCUT2D eigenvalue weighted by molar-refractivity contribution is 5.94. The zero-order valence-corrected chi connectivity index (χ0v) is 14.2. The fourth-order valence-electron chi connectivity index (χ4n) is 2.35. The zero-order valence-electron chi connectivity index (χ0n) is 14.2. The molecule has 1 aliphatic rings. The van der Waals surface area contributed by atoms with E-state index in [1.54, 1.807) is 42.5 Å². The predicted molar refractivity (Wildman–Crippen MR) is 95.4 cm³/mol. The Balaban J connectivity index is 1.46. The first-order valence-electron chi connectivity index (χ1n) is 8.43. The summed E-state index contributed by atoms with van der Waals surface area (Å²) in [6, 6.07) is 16.1. The first-order chi connectivity index (χ1) is 12.6. The van der Waals surface area contributed by atoms with Gasteiger partial charge in [0.25, 0.3) is 11.8 Å². The number of nitrogens with one attached hydrogen (secondary N) is 2. The highest BCUT2D eigenvalue weighted by atomic mass is 16.5. The number of amides is 2. The number of nitriles is 1. The van der Waals surface area contributed by atoms with Gasteiger partial charge in [0.15, 0.2) is 6.61 Å². The number of hydrogen-bond acceptors (Lipinski definition) is 4. The SMILES string of the molecule is N#Cc1ccc(OCC(=O)NCc2cccc(C(=O)NC3CC3)c2)cc1. The Kier molecular flexibility index (Phi) is 5.49. The number of rotatable bonds is 7. The monoisotopic (exact) mass is 349 g/mol. The van der Waals surface area contributed by atoms with Gasteiger partial charge in [-0.05, 0) is 54.8 Å². The maximum atomic E-state index is 12.1. The minimum atomic E-state index is -0.262. The quantitative estimate of drug-likeness (QED) is 0.801. The van der Waals surface area contributed by atoms with Crippen LogP contribution in [0.25, 0.3) is 0 Å². The summed E-state index contributed by atoms with van der Waals surface area (Å²) < 4.78 is 5.38. The Hall–Kier alpha value is -3.33. The van der Waals surface area contributed by atoms with Crippen molar-refractivity contribution in [2.45, 2.75) is 25.4 Å². The van der Waals surface area contributed by atoms with Crippen molar-refractivity contribution in [3.63, 3.8) is 0 Å². The van der Waals surface area contributed by atoms with Crippen molar-refractivity contribution in [2.75, 3.05) is 6.61 Å². The molecule has 1 saturated carbocycles. The number of carbonyl (C=O) groups is 2. The van der Waals surface area contributed by atoms with E-state index in [1.807, 2.05) is 12.1 Å². The van der Waals surface area contributed by atoms with Crippen molar-refractivity contribution in [2.24, 2.45) is 0 Å². The summed E-state index contributed by atoms with van der Waals surface area (Å²) in [5, 5.41) is 14.5. The molecule has 2 amide bonds. The first-order valence-corrected chi connectivity index (χ1v) is 8.43. The van der Waals surface area contributed by atoms with Gasteiger partial charge in [-0.1, -0.05) is 12.1 Å². The molecule has 2 N–H and O–H groups in total. The maximum Gasteiger partial charge on any atom is 0.258 e. The van der Waals surface area contributed by atoms with Crippen LogP contribution in [0.5, 0.6) is 5.75 Å². The second kappa shape index (κ2) is 8.17. The maximum absolute atomic E-state index is 12.1. The van der Waals surface area contributed by atoms with Crippen LogP contribution < -0.4 is 15.4 Å². The molecule has 3 rings (SSSR count). The second-order valence-electron chi connectivity index (χ2n) is 6.15. The molecule has 0 bridgehead atoms. The molecule has 0 saturated heterocycles. The van der Waals surface area contributed by atoms with E-state index in [-0.39, 0.29) is 18.4 Å². The number of benzene rings is 2. The number of nitrogens with zero attached hydrogens (tertiary/aromatic N) is 1. The van der Waals surface area contributed by atoms with E-state index in [9.17, 15) is 9.59 Å². The third-order valence-corrected chi connectivity index (χ3v) is 3.94. The van der Waals surface area contributed by atoms with Crippen LogP contribution in [0.2, 0.25) is 0 Å². The Morgan fingerprint density at radius 2 is 1.92 bits per heavy atom. The van der Waals surface area contributed by atoms with Gasteiger partial charge >= 0.3 is 0 Å². The fraction of sp³-hybridized carbons (Fsp3) is 0.250. The molecule has 0 atom stereocenters. The van der Waals surface area contributed by atoms with Gasteiger partial charge in [-0.15, -0.1) is 0 Å². The lowest BCUT2D eigenvalue weighted by Gasteiger charge is -2.09. The highest BCUT2D eigenvalue weighted by Gasteiger charge is 2.23. The Bertz CT molecular complexity index is 836. The Morgan fingerprint density at radius 1 is 1.15 bits per heavy atom. The lowest BCUT2D eigenvalue weighted by atomic mass is 10.1. The molecule has 6 heteroatoms. The molecule has 0 radical (unpaired) electrons. The van der Waals surface area contributed by atoms with Crippen LogP contribution in [-0.4, -0.2) is 24.5 Å². The van der Waals surface area contributed by atoms with E-state index in [1.165, 1.54) is 0 Å². The molecule has 2 aromatic rings. The predicted octanol–water partition coefficient (Wildman–Crippen LogP) is 2.15. The van der Waals surface area contributed by atoms with Crippen molar-refractivity contribution < 1.29 is 14.3 Å². The third-order valence-electron chi connectivity index (χ3n) is 3.94. The van der Waals surface area contributed by atoms with Gasteiger partial charge in [0.1, 0.15) is 5.75 Å². The summed E-state index contributed by atoms with van der Waals surface area (Å²) in [5.74, 6) is 0.185. The van der Waals surface area contributed by atoms with Gasteiger partial charge in [-0.3, -0.25) is 9.59 Å². The molecule has 2 aromatic carbocycles. The minimum Gasteiger partial charge on any atom is -0.484 e. The molecule has 1 fully saturated rings. The topological polar surface area (TPSA) is 91.2 Å². The van der Waals surface area contributed by atoms with Crippen LogP contribution in [0.4, 0.5) is 0 Å². The van der Waals surface area contributed by atoms with E-state index >= 15 is 0 Å². The van der Waals surface area contributed by atoms with Crippen LogP contribution in [0, 0.1) is 11.3 Å². The first kappa shape index (κ1) is 17.5. The van der Waals surface area contributed by atoms with Crippen molar-refractivity contribution in [1.29, 1.82) is 5.26 Å². The van der Waals surface area contributed by atoms with E-state index in [2.05, 4.69) is 10.6 Å². The van der Waals surface area contributed by atoms with Crippen molar-refractivity contribution >= 4 is 11.8 Å². The largest absolute Gasteiger partial charge is 0.484 e. The van der Waals surface area contributed by atoms with Crippen LogP contribution in [-0.2, 0) is 11.3 Å². The number of carbonyl (C=O) groups excluding carboxylic acids is 2. The average Bonchev–Trinajstić information content (AvgIpc) is 3.49. The lowest BCUT2D eigenvalue weighted by molar-refractivity contribution is -0.123. The molecule has 0 aromatic heterocycles. The van der Waals surface area contributed by atoms with Crippen molar-refractivity contribution in [3.8, 4) is 11.8 Å². The van der Waals surface area contributed by atoms with Gasteiger partial charge in [0.2, 0.25) is 0 Å². The van der Waals surface area contributed by atoms with Gasteiger partial charge in [0, 0.05) is 18.2 Å². The summed E-state index contributed by atoms with van der Waals surface area (Å²) in [4.78, 5) is 24.0. The standard InChI is InChI=1S/C20H19N3O3/c21-11-14-4-8-18(9-5-14)26-13-19(24)22-12-15-2-1-3-16(10-15)20(25)23-17-6-7-17/h1-5,8-10,17H,6-7,12-13H2,(H,22,24)(H,23,25). The second-order valence-corrected chi connectivity index (χ2v) is 6.15. The lowest BCUT2D eigenvalue weighted by Crippen LogP contribution is -2.29. The molecule has 0 aliphatic heterocycles. The normalized spacial score (nSPS) is 12.7. The Morgan fingerprint density at radius 3 is 2.62 bits per heavy atom. The van der Waals surface area contributed by atoms with Crippen molar-refractivity contribution in [1.82, 2.24) is 10.6 Å². The summed E-state index contributed by atoms with van der Waals surface area (Å²) in [6.07, 6.45) is 2.08. The van der Waals surface area contributed by atoms with E-state index < -0.39 is 0 Å². The van der Waals surface area contributed by atoms with E-state index in [0.29, 0.717) is 29.5 Å². The van der Waals surface area contributed by atoms with Crippen LogP contribution in [0.3, 0.4) is 0 Å². The molecule has 132 valence electrons. The molecular formula is C20H19N3O3. The summed E-state index contributed by atoms with van der Waals surface area (Å²) in [7, 11) is 0. The van der Waals surface area contributed by atoms with Gasteiger partial charge in [-0.25, -0.2) is 0 Å². The highest BCUT2D eigenvalue weighted by Crippen LogP contribution is 2.19. The smallest absolute Gasteiger partial charge is 0.258 e. The van der Waals surface area contributed by atoms with Crippen LogP contribution >= 0.6 is 0 Å². The van der Waals surface area contributed by atoms with Gasteiger partial charge in [0.05, 0.1) is 11.6 Å². The number of ether oxygens (including phenoxy) is 1. The van der Waals surface area contributed by atoms with Crippen LogP contribution in [0.1, 0.15) is 34.3 Å². The summed E-state index contributed by atoms with van der Waals surface area (Å²) >= 11 is 0. The third kappa shape index (κ3) is 5.08. The average molecular weight is 349 g/mol. The minimum absolute atomic E-state index is 0.0789. The molecule has 6 nitrogen and oxygen atoms in total. The molecule has 1 aliphatic carbocycles. The number of hydrogen-bond donors (Lipinski definition) is 2. The van der Waals surface area contributed by atoms with Gasteiger partial charge < -0.3 is 15.4 Å². The Labute approximate surface area is 151 Å².